The number of fused-ring (bicyclic) bond motifs is 1. The first-order chi connectivity index (χ1) is 17.6. The number of nitrogens with one attached hydrogen (secondary N) is 1. The number of nitriles is 1. The predicted molar refractivity (Wildman–Crippen MR) is 145 cm³/mol. The zero-order valence-corrected chi connectivity index (χ0v) is 21.5. The highest BCUT2D eigenvalue weighted by atomic mass is 16.5. The Balaban J connectivity index is 1.80. The Bertz CT molecular complexity index is 1600. The Morgan fingerprint density at radius 2 is 1.73 bits per heavy atom. The molecule has 7 heteroatoms. The predicted octanol–water partition coefficient (Wildman–Crippen LogP) is 5.95. The second-order valence-electron chi connectivity index (χ2n) is 9.89. The van der Waals surface area contributed by atoms with Crippen LogP contribution in [0.3, 0.4) is 0 Å². The van der Waals surface area contributed by atoms with Gasteiger partial charge in [0.15, 0.2) is 0 Å². The van der Waals surface area contributed by atoms with Crippen molar-refractivity contribution in [1.29, 1.82) is 5.26 Å². The summed E-state index contributed by atoms with van der Waals surface area (Å²) >= 11 is 0. The number of nitrogens with zero attached hydrogens (tertiary/aromatic N) is 3. The highest BCUT2D eigenvalue weighted by Gasteiger charge is 2.19. The van der Waals surface area contributed by atoms with Crippen LogP contribution >= 0.6 is 0 Å². The highest BCUT2D eigenvalue weighted by Crippen LogP contribution is 2.28. The molecule has 4 rings (SSSR count). The lowest BCUT2D eigenvalue weighted by Crippen LogP contribution is -2.20. The van der Waals surface area contributed by atoms with Crippen LogP contribution in [-0.4, -0.2) is 15.3 Å². The number of aryl methyl sites for hydroxylation is 2. The molecule has 0 atom stereocenters. The molecule has 2 heterocycles. The van der Waals surface area contributed by atoms with E-state index in [1.165, 1.54) is 10.5 Å². The van der Waals surface area contributed by atoms with Crippen molar-refractivity contribution in [3.8, 4) is 17.7 Å². The van der Waals surface area contributed by atoms with Crippen LogP contribution < -0.4 is 15.6 Å². The second-order valence-corrected chi connectivity index (χ2v) is 9.89. The van der Waals surface area contributed by atoms with Gasteiger partial charge in [0, 0.05) is 11.9 Å². The fourth-order valence-corrected chi connectivity index (χ4v) is 3.76. The van der Waals surface area contributed by atoms with Gasteiger partial charge in [-0.3, -0.25) is 14.0 Å². The maximum absolute atomic E-state index is 13.5. The third kappa shape index (κ3) is 5.60. The number of pyridine rings is 1. The number of carbonyl (C=O) groups is 1. The summed E-state index contributed by atoms with van der Waals surface area (Å²) < 4.78 is 7.45. The summed E-state index contributed by atoms with van der Waals surface area (Å²) in [5.41, 5.74) is 3.17. The molecule has 0 saturated heterocycles. The van der Waals surface area contributed by atoms with E-state index in [1.54, 1.807) is 24.4 Å². The average Bonchev–Trinajstić information content (AvgIpc) is 2.86. The topological polar surface area (TPSA) is 96.5 Å². The fourth-order valence-electron chi connectivity index (χ4n) is 3.76. The molecule has 4 aromatic rings. The lowest BCUT2D eigenvalue weighted by Gasteiger charge is -2.19. The Morgan fingerprint density at radius 3 is 2.35 bits per heavy atom. The van der Waals surface area contributed by atoms with Crippen LogP contribution in [0.5, 0.6) is 11.6 Å². The largest absolute Gasteiger partial charge is 0.438 e. The van der Waals surface area contributed by atoms with Crippen LogP contribution in [0.25, 0.3) is 11.7 Å². The van der Waals surface area contributed by atoms with Gasteiger partial charge in [0.25, 0.3) is 11.5 Å². The van der Waals surface area contributed by atoms with Crippen molar-refractivity contribution in [1.82, 2.24) is 9.38 Å². The molecule has 0 aliphatic rings. The molecule has 0 aliphatic carbocycles. The number of rotatable bonds is 5. The zero-order chi connectivity index (χ0) is 26.7. The van der Waals surface area contributed by atoms with Gasteiger partial charge in [-0.05, 0) is 66.8 Å². The smallest absolute Gasteiger partial charge is 0.269 e. The molecule has 0 spiro atoms. The molecule has 7 nitrogen and oxygen atoms in total. The third-order valence-electron chi connectivity index (χ3n) is 5.95. The molecule has 0 radical (unpaired) electrons. The van der Waals surface area contributed by atoms with E-state index in [-0.39, 0.29) is 22.4 Å². The number of amides is 1. The van der Waals surface area contributed by atoms with Gasteiger partial charge in [-0.15, -0.1) is 0 Å². The number of ether oxygens (including phenoxy) is 1. The Hall–Kier alpha value is -4.70. The minimum absolute atomic E-state index is 0.00129. The monoisotopic (exact) mass is 492 g/mol. The van der Waals surface area contributed by atoms with Crippen LogP contribution in [-0.2, 0) is 10.2 Å². The van der Waals surface area contributed by atoms with Crippen molar-refractivity contribution in [2.45, 2.75) is 40.0 Å². The fraction of sp³-hybridized carbons (Fsp3) is 0.200. The molecule has 186 valence electrons. The maximum atomic E-state index is 13.5. The molecule has 2 aromatic carbocycles. The van der Waals surface area contributed by atoms with Crippen molar-refractivity contribution in [3.63, 3.8) is 0 Å². The Kier molecular flexibility index (Phi) is 6.94. The number of hydrogen-bond acceptors (Lipinski definition) is 5. The number of carbonyl (C=O) groups excluding carboxylic acids is 1. The van der Waals surface area contributed by atoms with Crippen LogP contribution in [0.2, 0.25) is 0 Å². The van der Waals surface area contributed by atoms with E-state index in [2.05, 4.69) is 31.1 Å². The van der Waals surface area contributed by atoms with E-state index in [0.29, 0.717) is 17.1 Å². The van der Waals surface area contributed by atoms with Gasteiger partial charge in [-0.25, -0.2) is 0 Å². The summed E-state index contributed by atoms with van der Waals surface area (Å²) in [6, 6.07) is 20.2. The zero-order valence-electron chi connectivity index (χ0n) is 21.5. The molecule has 0 fully saturated rings. The number of anilines is 1. The van der Waals surface area contributed by atoms with Crippen molar-refractivity contribution in [2.75, 3.05) is 5.32 Å². The van der Waals surface area contributed by atoms with Gasteiger partial charge in [0.1, 0.15) is 28.6 Å². The first-order valence-electron chi connectivity index (χ1n) is 11.9. The molecular formula is C30H28N4O3. The van der Waals surface area contributed by atoms with E-state index in [0.717, 1.165) is 16.7 Å². The van der Waals surface area contributed by atoms with Gasteiger partial charge >= 0.3 is 0 Å². The van der Waals surface area contributed by atoms with Gasteiger partial charge in [-0.1, -0.05) is 56.7 Å². The normalized spacial score (nSPS) is 11.7. The van der Waals surface area contributed by atoms with Crippen LogP contribution in [0.1, 0.15) is 43.0 Å². The van der Waals surface area contributed by atoms with Crippen molar-refractivity contribution in [2.24, 2.45) is 0 Å². The van der Waals surface area contributed by atoms with E-state index in [1.807, 2.05) is 62.4 Å². The number of aromatic nitrogens is 2. The van der Waals surface area contributed by atoms with E-state index in [4.69, 9.17) is 4.74 Å². The minimum Gasteiger partial charge on any atom is -0.438 e. The van der Waals surface area contributed by atoms with Crippen molar-refractivity contribution < 1.29 is 9.53 Å². The second kappa shape index (κ2) is 10.1. The van der Waals surface area contributed by atoms with Gasteiger partial charge in [-0.2, -0.15) is 10.2 Å². The van der Waals surface area contributed by atoms with Crippen molar-refractivity contribution in [3.05, 3.63) is 105 Å². The molecule has 1 amide bonds. The quantitative estimate of drug-likeness (QED) is 0.274. The van der Waals surface area contributed by atoms with E-state index >= 15 is 0 Å². The average molecular weight is 493 g/mol. The SMILES string of the molecule is Cc1ccc(NC(=O)C(C#N)=Cc2c(Oc3ccc(C(C)(C)C)cc3)nc3c(C)cccn3c2=O)cc1. The summed E-state index contributed by atoms with van der Waals surface area (Å²) in [7, 11) is 0. The standard InChI is InChI=1S/C30H28N4O3/c1-19-8-12-23(13-9-19)32-27(35)21(18-31)17-25-28(33-26-20(2)7-6-16-34(26)29(25)36)37-24-14-10-22(11-15-24)30(3,4)5/h6-17H,1-5H3,(H,32,35). The molecular weight excluding hydrogens is 464 g/mol. The lowest BCUT2D eigenvalue weighted by molar-refractivity contribution is -0.112. The summed E-state index contributed by atoms with van der Waals surface area (Å²) in [4.78, 5) is 31.0. The summed E-state index contributed by atoms with van der Waals surface area (Å²) in [5.74, 6) is -0.144. The molecule has 2 aromatic heterocycles. The van der Waals surface area contributed by atoms with Gasteiger partial charge < -0.3 is 10.1 Å². The van der Waals surface area contributed by atoms with Gasteiger partial charge in [0.2, 0.25) is 5.88 Å². The first kappa shape index (κ1) is 25.4. The van der Waals surface area contributed by atoms with E-state index in [9.17, 15) is 14.9 Å². The summed E-state index contributed by atoms with van der Waals surface area (Å²) in [5, 5.41) is 12.5. The Labute approximate surface area is 215 Å². The van der Waals surface area contributed by atoms with Crippen LogP contribution in [0.15, 0.2) is 77.2 Å². The minimum atomic E-state index is -0.638. The van der Waals surface area contributed by atoms with Gasteiger partial charge in [0.05, 0.1) is 0 Å². The third-order valence-corrected chi connectivity index (χ3v) is 5.95. The van der Waals surface area contributed by atoms with Crippen LogP contribution in [0.4, 0.5) is 5.69 Å². The number of benzene rings is 2. The number of hydrogen-bond donors (Lipinski definition) is 1. The molecule has 0 aliphatic heterocycles. The van der Waals surface area contributed by atoms with Crippen molar-refractivity contribution >= 4 is 23.3 Å². The van der Waals surface area contributed by atoms with E-state index < -0.39 is 11.5 Å². The molecule has 1 N–H and O–H groups in total. The maximum Gasteiger partial charge on any atom is 0.269 e. The Morgan fingerprint density at radius 1 is 1.05 bits per heavy atom. The summed E-state index contributed by atoms with van der Waals surface area (Å²) in [6.45, 7) is 10.1. The molecule has 0 bridgehead atoms. The first-order valence-corrected chi connectivity index (χ1v) is 11.9. The summed E-state index contributed by atoms with van der Waals surface area (Å²) in [6.07, 6.45) is 2.82. The molecule has 37 heavy (non-hydrogen) atoms. The molecule has 0 saturated carbocycles. The lowest BCUT2D eigenvalue weighted by atomic mass is 9.87. The molecule has 0 unspecified atom stereocenters. The highest BCUT2D eigenvalue weighted by molar-refractivity contribution is 6.09. The van der Waals surface area contributed by atoms with Crippen LogP contribution in [0, 0.1) is 25.2 Å².